The van der Waals surface area contributed by atoms with Gasteiger partial charge in [0.15, 0.2) is 11.5 Å². The van der Waals surface area contributed by atoms with Crippen LogP contribution < -0.4 is 14.8 Å². The van der Waals surface area contributed by atoms with Crippen molar-refractivity contribution in [2.45, 2.75) is 6.10 Å². The Morgan fingerprint density at radius 2 is 2.12 bits per heavy atom. The number of para-hydroxylation sites is 2. The standard InChI is InChI=1S/C19H18ClN3O3/c1-23(10-15-12-25-17-4-2-3-5-18(17)26-15)11-19(24)22-16-8-14(20)7-6-13(16)9-21/h2-8,15H,10-12H2,1H3,(H,22,24)/t15-/m0/s1. The van der Waals surface area contributed by atoms with E-state index in [2.05, 4.69) is 5.32 Å². The number of hydrogen-bond donors (Lipinski definition) is 1. The van der Waals surface area contributed by atoms with Crippen LogP contribution in [0.25, 0.3) is 0 Å². The Hall–Kier alpha value is -2.75. The smallest absolute Gasteiger partial charge is 0.238 e. The Morgan fingerprint density at radius 1 is 1.35 bits per heavy atom. The van der Waals surface area contributed by atoms with Crippen LogP contribution in [0.1, 0.15) is 5.56 Å². The summed E-state index contributed by atoms with van der Waals surface area (Å²) in [6.45, 7) is 1.11. The van der Waals surface area contributed by atoms with Crippen molar-refractivity contribution in [2.24, 2.45) is 0 Å². The Bertz CT molecular complexity index is 850. The number of hydrogen-bond acceptors (Lipinski definition) is 5. The maximum Gasteiger partial charge on any atom is 0.238 e. The van der Waals surface area contributed by atoms with E-state index in [4.69, 9.17) is 26.3 Å². The molecule has 1 N–H and O–H groups in total. The number of halogens is 1. The number of nitrogens with zero attached hydrogens (tertiary/aromatic N) is 2. The second-order valence-corrected chi connectivity index (χ2v) is 6.48. The first-order chi connectivity index (χ1) is 12.5. The van der Waals surface area contributed by atoms with E-state index in [1.807, 2.05) is 42.3 Å². The van der Waals surface area contributed by atoms with Gasteiger partial charge >= 0.3 is 0 Å². The van der Waals surface area contributed by atoms with Crippen LogP contribution in [0, 0.1) is 11.3 Å². The number of ether oxygens (including phenoxy) is 2. The van der Waals surface area contributed by atoms with Crippen LogP contribution in [0.5, 0.6) is 11.5 Å². The predicted molar refractivity (Wildman–Crippen MR) is 98.6 cm³/mol. The van der Waals surface area contributed by atoms with Crippen molar-refractivity contribution in [3.05, 3.63) is 53.1 Å². The number of likely N-dealkylation sites (N-methyl/N-ethyl adjacent to an activating group) is 1. The third-order valence-electron chi connectivity index (χ3n) is 3.87. The van der Waals surface area contributed by atoms with E-state index in [-0.39, 0.29) is 18.6 Å². The topological polar surface area (TPSA) is 74.6 Å². The summed E-state index contributed by atoms with van der Waals surface area (Å²) >= 11 is 5.93. The van der Waals surface area contributed by atoms with Gasteiger partial charge in [-0.2, -0.15) is 5.26 Å². The molecule has 26 heavy (non-hydrogen) atoms. The molecule has 2 aromatic rings. The van der Waals surface area contributed by atoms with Gasteiger partial charge in [0, 0.05) is 11.6 Å². The summed E-state index contributed by atoms with van der Waals surface area (Å²) < 4.78 is 11.6. The van der Waals surface area contributed by atoms with E-state index >= 15 is 0 Å². The van der Waals surface area contributed by atoms with Gasteiger partial charge in [-0.05, 0) is 37.4 Å². The van der Waals surface area contributed by atoms with Crippen LogP contribution in [0.2, 0.25) is 5.02 Å². The zero-order valence-electron chi connectivity index (χ0n) is 14.2. The van der Waals surface area contributed by atoms with Crippen LogP contribution in [0.4, 0.5) is 5.69 Å². The predicted octanol–water partition coefficient (Wildman–Crippen LogP) is 2.92. The Balaban J connectivity index is 1.54. The van der Waals surface area contributed by atoms with Gasteiger partial charge in [-0.1, -0.05) is 23.7 Å². The fourth-order valence-electron chi connectivity index (χ4n) is 2.72. The largest absolute Gasteiger partial charge is 0.486 e. The van der Waals surface area contributed by atoms with Gasteiger partial charge in [-0.25, -0.2) is 0 Å². The van der Waals surface area contributed by atoms with Gasteiger partial charge in [0.05, 0.1) is 17.8 Å². The van der Waals surface area contributed by atoms with E-state index in [1.165, 1.54) is 0 Å². The number of rotatable bonds is 5. The number of benzene rings is 2. The molecule has 1 heterocycles. The average molecular weight is 372 g/mol. The molecule has 1 aliphatic rings. The van der Waals surface area contributed by atoms with E-state index < -0.39 is 0 Å². The lowest BCUT2D eigenvalue weighted by Gasteiger charge is -2.29. The minimum atomic E-state index is -0.233. The SMILES string of the molecule is CN(CC(=O)Nc1cc(Cl)ccc1C#N)C[C@H]1COc2ccccc2O1. The van der Waals surface area contributed by atoms with Crippen molar-refractivity contribution in [2.75, 3.05) is 32.1 Å². The van der Waals surface area contributed by atoms with Crippen molar-refractivity contribution in [3.8, 4) is 17.6 Å². The third kappa shape index (κ3) is 4.45. The van der Waals surface area contributed by atoms with Crippen LogP contribution in [-0.2, 0) is 4.79 Å². The minimum Gasteiger partial charge on any atom is -0.486 e. The summed E-state index contributed by atoms with van der Waals surface area (Å²) in [5.41, 5.74) is 0.774. The summed E-state index contributed by atoms with van der Waals surface area (Å²) in [5, 5.41) is 12.3. The van der Waals surface area contributed by atoms with Crippen molar-refractivity contribution in [3.63, 3.8) is 0 Å². The lowest BCUT2D eigenvalue weighted by molar-refractivity contribution is -0.117. The highest BCUT2D eigenvalue weighted by Crippen LogP contribution is 2.30. The molecule has 1 amide bonds. The van der Waals surface area contributed by atoms with Crippen molar-refractivity contribution < 1.29 is 14.3 Å². The molecule has 0 aliphatic carbocycles. The molecule has 0 fully saturated rings. The number of nitriles is 1. The molecule has 0 saturated carbocycles. The minimum absolute atomic E-state index is 0.152. The highest BCUT2D eigenvalue weighted by molar-refractivity contribution is 6.31. The molecule has 1 aliphatic heterocycles. The van der Waals surface area contributed by atoms with E-state index in [9.17, 15) is 4.79 Å². The quantitative estimate of drug-likeness (QED) is 0.874. The molecule has 1 atom stereocenters. The number of anilines is 1. The average Bonchev–Trinajstić information content (AvgIpc) is 2.61. The number of carbonyl (C=O) groups is 1. The maximum atomic E-state index is 12.3. The Kier molecular flexibility index (Phi) is 5.61. The molecule has 0 unspecified atom stereocenters. The van der Waals surface area contributed by atoms with Gasteiger partial charge in [0.1, 0.15) is 18.8 Å². The molecule has 0 aromatic heterocycles. The Labute approximate surface area is 156 Å². The van der Waals surface area contributed by atoms with Gasteiger partial charge < -0.3 is 14.8 Å². The summed E-state index contributed by atoms with van der Waals surface area (Å²) in [6, 6.07) is 14.3. The monoisotopic (exact) mass is 371 g/mol. The zero-order valence-corrected chi connectivity index (χ0v) is 15.0. The first-order valence-corrected chi connectivity index (χ1v) is 8.49. The highest BCUT2D eigenvalue weighted by Gasteiger charge is 2.22. The van der Waals surface area contributed by atoms with Crippen LogP contribution in [-0.4, -0.2) is 43.7 Å². The molecule has 0 bridgehead atoms. The lowest BCUT2D eigenvalue weighted by Crippen LogP contribution is -2.42. The second-order valence-electron chi connectivity index (χ2n) is 6.04. The van der Waals surface area contributed by atoms with Gasteiger partial charge in [0.2, 0.25) is 5.91 Å². The molecule has 134 valence electrons. The fraction of sp³-hybridized carbons (Fsp3) is 0.263. The summed E-state index contributed by atoms with van der Waals surface area (Å²) in [4.78, 5) is 14.1. The summed E-state index contributed by atoms with van der Waals surface area (Å²) in [6.07, 6.45) is -0.163. The molecule has 3 rings (SSSR count). The summed E-state index contributed by atoms with van der Waals surface area (Å²) in [5.74, 6) is 1.21. The third-order valence-corrected chi connectivity index (χ3v) is 4.11. The van der Waals surface area contributed by atoms with E-state index in [1.54, 1.807) is 18.2 Å². The molecule has 6 nitrogen and oxygen atoms in total. The maximum absolute atomic E-state index is 12.3. The first kappa shape index (κ1) is 18.1. The van der Waals surface area contributed by atoms with Crippen LogP contribution in [0.3, 0.4) is 0 Å². The van der Waals surface area contributed by atoms with Crippen molar-refractivity contribution in [1.29, 1.82) is 5.26 Å². The van der Waals surface area contributed by atoms with Gasteiger partial charge in [-0.3, -0.25) is 9.69 Å². The number of nitrogens with one attached hydrogen (secondary N) is 1. The van der Waals surface area contributed by atoms with Crippen LogP contribution >= 0.6 is 11.6 Å². The molecular weight excluding hydrogens is 354 g/mol. The first-order valence-electron chi connectivity index (χ1n) is 8.11. The molecule has 2 aromatic carbocycles. The fourth-order valence-corrected chi connectivity index (χ4v) is 2.89. The molecule has 0 spiro atoms. The number of carbonyl (C=O) groups excluding carboxylic acids is 1. The molecule has 0 saturated heterocycles. The lowest BCUT2D eigenvalue weighted by atomic mass is 10.2. The summed E-state index contributed by atoms with van der Waals surface area (Å²) in [7, 11) is 1.83. The molecule has 7 heteroatoms. The number of fused-ring (bicyclic) bond motifs is 1. The van der Waals surface area contributed by atoms with Gasteiger partial charge in [0.25, 0.3) is 0 Å². The highest BCUT2D eigenvalue weighted by atomic mass is 35.5. The normalized spacial score (nSPS) is 15.4. The molecule has 0 radical (unpaired) electrons. The van der Waals surface area contributed by atoms with Crippen molar-refractivity contribution in [1.82, 2.24) is 4.90 Å². The van der Waals surface area contributed by atoms with E-state index in [0.717, 1.165) is 5.75 Å². The van der Waals surface area contributed by atoms with E-state index in [0.29, 0.717) is 35.2 Å². The van der Waals surface area contributed by atoms with Gasteiger partial charge in [-0.15, -0.1) is 0 Å². The molecular formula is C19H18ClN3O3. The zero-order chi connectivity index (χ0) is 18.5. The second kappa shape index (κ2) is 8.09. The number of amides is 1. The van der Waals surface area contributed by atoms with Crippen LogP contribution in [0.15, 0.2) is 42.5 Å². The Morgan fingerprint density at radius 3 is 2.88 bits per heavy atom. The van der Waals surface area contributed by atoms with Crippen molar-refractivity contribution >= 4 is 23.2 Å².